The summed E-state index contributed by atoms with van der Waals surface area (Å²) >= 11 is 7.47. The van der Waals surface area contributed by atoms with Crippen LogP contribution in [-0.2, 0) is 22.4 Å². The number of halogens is 1. The topological polar surface area (TPSA) is 103 Å². The van der Waals surface area contributed by atoms with Crippen molar-refractivity contribution in [1.82, 2.24) is 0 Å². The van der Waals surface area contributed by atoms with E-state index >= 15 is 0 Å². The van der Waals surface area contributed by atoms with E-state index in [2.05, 4.69) is 10.6 Å². The summed E-state index contributed by atoms with van der Waals surface area (Å²) < 4.78 is 16.3. The number of fused-ring (bicyclic) bond motifs is 1. The molecule has 0 spiro atoms. The summed E-state index contributed by atoms with van der Waals surface area (Å²) in [4.78, 5) is 39.4. The lowest BCUT2D eigenvalue weighted by molar-refractivity contribution is -0.122. The van der Waals surface area contributed by atoms with Gasteiger partial charge in [-0.1, -0.05) is 11.6 Å². The third-order valence-corrected chi connectivity index (χ3v) is 7.54. The van der Waals surface area contributed by atoms with Crippen molar-refractivity contribution < 1.29 is 28.6 Å². The number of anilines is 2. The summed E-state index contributed by atoms with van der Waals surface area (Å²) in [5.41, 5.74) is 2.28. The molecule has 0 saturated carbocycles. The highest BCUT2D eigenvalue weighted by atomic mass is 35.5. The molecule has 1 atom stereocenters. The van der Waals surface area contributed by atoms with Crippen LogP contribution in [0.5, 0.6) is 11.5 Å². The van der Waals surface area contributed by atoms with E-state index in [1.54, 1.807) is 56.3 Å². The fraction of sp³-hybridized carbons (Fsp3) is 0.321. The zero-order chi connectivity index (χ0) is 27.2. The Bertz CT molecular complexity index is 1340. The number of hydrogen-bond donors (Lipinski definition) is 2. The van der Waals surface area contributed by atoms with Crippen LogP contribution in [0.15, 0.2) is 42.5 Å². The molecule has 3 aromatic rings. The predicted molar refractivity (Wildman–Crippen MR) is 148 cm³/mol. The highest BCUT2D eigenvalue weighted by Gasteiger charge is 2.27. The van der Waals surface area contributed by atoms with E-state index in [1.807, 2.05) is 0 Å². The first-order valence-corrected chi connectivity index (χ1v) is 13.5. The number of esters is 1. The molecule has 2 N–H and O–H groups in total. The minimum Gasteiger partial charge on any atom is -0.495 e. The highest BCUT2D eigenvalue weighted by molar-refractivity contribution is 7.17. The van der Waals surface area contributed by atoms with Gasteiger partial charge in [0.1, 0.15) is 16.5 Å². The number of amides is 2. The van der Waals surface area contributed by atoms with Gasteiger partial charge >= 0.3 is 5.97 Å². The minimum absolute atomic E-state index is 0.265. The Morgan fingerprint density at radius 2 is 1.79 bits per heavy atom. The molecule has 2 aromatic carbocycles. The van der Waals surface area contributed by atoms with Gasteiger partial charge in [-0.15, -0.1) is 11.3 Å². The summed E-state index contributed by atoms with van der Waals surface area (Å²) in [7, 11) is 1.50. The number of aryl methyl sites for hydroxylation is 1. The molecule has 1 aliphatic carbocycles. The maximum atomic E-state index is 13.0. The van der Waals surface area contributed by atoms with Gasteiger partial charge in [-0.05, 0) is 87.6 Å². The number of benzene rings is 2. The molecule has 38 heavy (non-hydrogen) atoms. The standard InChI is InChI=1S/C28H29ClN2O6S/c1-4-36-28(34)24-20-7-5-6-8-23(20)38-27(24)31-26(33)17-9-12-19(13-10-17)37-16(2)25(32)30-21-15-18(29)11-14-22(21)35-3/h9-16H,4-8H2,1-3H3,(H,30,32)(H,31,33). The lowest BCUT2D eigenvalue weighted by atomic mass is 9.95. The van der Waals surface area contributed by atoms with Crippen molar-refractivity contribution in [3.05, 3.63) is 69.1 Å². The van der Waals surface area contributed by atoms with Crippen LogP contribution in [-0.4, -0.2) is 37.6 Å². The molecule has 0 saturated heterocycles. The van der Waals surface area contributed by atoms with E-state index in [9.17, 15) is 14.4 Å². The van der Waals surface area contributed by atoms with Gasteiger partial charge in [0.15, 0.2) is 6.10 Å². The van der Waals surface area contributed by atoms with Crippen LogP contribution >= 0.6 is 22.9 Å². The third-order valence-electron chi connectivity index (χ3n) is 6.10. The van der Waals surface area contributed by atoms with Crippen LogP contribution < -0.4 is 20.1 Å². The van der Waals surface area contributed by atoms with Crippen LogP contribution in [0.25, 0.3) is 0 Å². The molecule has 0 aliphatic heterocycles. The maximum absolute atomic E-state index is 13.0. The fourth-order valence-corrected chi connectivity index (χ4v) is 5.65. The average molecular weight is 557 g/mol. The summed E-state index contributed by atoms with van der Waals surface area (Å²) in [5.74, 6) is -0.252. The van der Waals surface area contributed by atoms with Gasteiger partial charge in [-0.2, -0.15) is 0 Å². The molecule has 4 rings (SSSR count). The number of rotatable bonds is 9. The third kappa shape index (κ3) is 6.28. The van der Waals surface area contributed by atoms with E-state index in [-0.39, 0.29) is 18.4 Å². The quantitative estimate of drug-likeness (QED) is 0.308. The van der Waals surface area contributed by atoms with Crippen LogP contribution in [0, 0.1) is 0 Å². The summed E-state index contributed by atoms with van der Waals surface area (Å²) in [5, 5.41) is 6.62. The van der Waals surface area contributed by atoms with Gasteiger partial charge in [0.25, 0.3) is 11.8 Å². The van der Waals surface area contributed by atoms with Crippen molar-refractivity contribution in [3.8, 4) is 11.5 Å². The molecule has 10 heteroatoms. The number of methoxy groups -OCH3 is 1. The molecule has 0 fully saturated rings. The second-order valence-corrected chi connectivity index (χ2v) is 10.2. The molecule has 0 bridgehead atoms. The Kier molecular flexibility index (Phi) is 8.91. The largest absolute Gasteiger partial charge is 0.495 e. The SMILES string of the molecule is CCOC(=O)c1c(NC(=O)c2ccc(OC(C)C(=O)Nc3cc(Cl)ccc3OC)cc2)sc2c1CCCC2. The van der Waals surface area contributed by atoms with Gasteiger partial charge in [0.05, 0.1) is 25.0 Å². The van der Waals surface area contributed by atoms with Crippen LogP contribution in [0.1, 0.15) is 57.8 Å². The van der Waals surface area contributed by atoms with E-state index < -0.39 is 12.1 Å². The van der Waals surface area contributed by atoms with Crippen molar-refractivity contribution in [2.24, 2.45) is 0 Å². The summed E-state index contributed by atoms with van der Waals surface area (Å²) in [6, 6.07) is 11.4. The Balaban J connectivity index is 1.42. The molecular formula is C28H29ClN2O6S. The molecule has 1 aromatic heterocycles. The summed E-state index contributed by atoms with van der Waals surface area (Å²) in [6.07, 6.45) is 2.94. The zero-order valence-electron chi connectivity index (χ0n) is 21.4. The number of carbonyl (C=O) groups is 3. The van der Waals surface area contributed by atoms with Gasteiger partial charge in [0, 0.05) is 15.5 Å². The molecule has 1 aliphatic rings. The Morgan fingerprint density at radius 3 is 2.50 bits per heavy atom. The second-order valence-electron chi connectivity index (χ2n) is 8.71. The Morgan fingerprint density at radius 1 is 1.05 bits per heavy atom. The predicted octanol–water partition coefficient (Wildman–Crippen LogP) is 6.12. The van der Waals surface area contributed by atoms with Crippen molar-refractivity contribution in [1.29, 1.82) is 0 Å². The molecule has 1 heterocycles. The van der Waals surface area contributed by atoms with E-state index in [0.29, 0.717) is 38.3 Å². The lowest BCUT2D eigenvalue weighted by Gasteiger charge is -2.16. The first kappa shape index (κ1) is 27.5. The number of thiophene rings is 1. The summed E-state index contributed by atoms with van der Waals surface area (Å²) in [6.45, 7) is 3.64. The first-order valence-electron chi connectivity index (χ1n) is 12.3. The van der Waals surface area contributed by atoms with Crippen molar-refractivity contribution >= 4 is 51.4 Å². The molecule has 0 radical (unpaired) electrons. The smallest absolute Gasteiger partial charge is 0.341 e. The van der Waals surface area contributed by atoms with E-state index in [4.69, 9.17) is 25.8 Å². The monoisotopic (exact) mass is 556 g/mol. The highest BCUT2D eigenvalue weighted by Crippen LogP contribution is 2.39. The number of carbonyl (C=O) groups excluding carboxylic acids is 3. The Hall–Kier alpha value is -3.56. The van der Waals surface area contributed by atoms with Gasteiger partial charge in [0.2, 0.25) is 0 Å². The zero-order valence-corrected chi connectivity index (χ0v) is 23.0. The first-order chi connectivity index (χ1) is 18.3. The number of nitrogens with one attached hydrogen (secondary N) is 2. The normalized spacial score (nSPS) is 13.2. The minimum atomic E-state index is -0.831. The van der Waals surface area contributed by atoms with Crippen LogP contribution in [0.4, 0.5) is 10.7 Å². The van der Waals surface area contributed by atoms with E-state index in [1.165, 1.54) is 18.4 Å². The van der Waals surface area contributed by atoms with Gasteiger partial charge in [-0.25, -0.2) is 4.79 Å². The average Bonchev–Trinajstić information content (AvgIpc) is 3.27. The molecule has 200 valence electrons. The molecule has 8 nitrogen and oxygen atoms in total. The van der Waals surface area contributed by atoms with Crippen LogP contribution in [0.2, 0.25) is 5.02 Å². The number of ether oxygens (including phenoxy) is 3. The van der Waals surface area contributed by atoms with Gasteiger partial charge in [-0.3, -0.25) is 9.59 Å². The fourth-order valence-electron chi connectivity index (χ4n) is 4.20. The van der Waals surface area contributed by atoms with Crippen LogP contribution in [0.3, 0.4) is 0 Å². The van der Waals surface area contributed by atoms with E-state index in [0.717, 1.165) is 36.1 Å². The molecule has 1 unspecified atom stereocenters. The lowest BCUT2D eigenvalue weighted by Crippen LogP contribution is -2.30. The van der Waals surface area contributed by atoms with Crippen molar-refractivity contribution in [2.45, 2.75) is 45.6 Å². The molecular weight excluding hydrogens is 528 g/mol. The Labute approximate surface area is 230 Å². The van der Waals surface area contributed by atoms with Crippen molar-refractivity contribution in [3.63, 3.8) is 0 Å². The maximum Gasteiger partial charge on any atom is 0.341 e. The number of hydrogen-bond acceptors (Lipinski definition) is 7. The van der Waals surface area contributed by atoms with Gasteiger partial charge < -0.3 is 24.8 Å². The molecule has 2 amide bonds. The van der Waals surface area contributed by atoms with Crippen molar-refractivity contribution in [2.75, 3.05) is 24.4 Å². The second kappa shape index (κ2) is 12.3.